The maximum atomic E-state index is 8.90. The summed E-state index contributed by atoms with van der Waals surface area (Å²) in [4.78, 5) is 4.18. The molecule has 2 heterocycles. The molecule has 1 aromatic heterocycles. The predicted molar refractivity (Wildman–Crippen MR) is 65.7 cm³/mol. The number of nitrogens with zero attached hydrogens (tertiary/aromatic N) is 2. The third kappa shape index (κ3) is 3.09. The summed E-state index contributed by atoms with van der Waals surface area (Å²) in [6.07, 6.45) is 4.01. The van der Waals surface area contributed by atoms with Gasteiger partial charge in [-0.3, -0.25) is 0 Å². The number of pyridine rings is 1. The van der Waals surface area contributed by atoms with Crippen LogP contribution in [0.3, 0.4) is 0 Å². The lowest BCUT2D eigenvalue weighted by molar-refractivity contribution is 0.479. The van der Waals surface area contributed by atoms with Gasteiger partial charge in [-0.2, -0.15) is 5.26 Å². The largest absolute Gasteiger partial charge is 0.365 e. The van der Waals surface area contributed by atoms with E-state index < -0.39 is 0 Å². The molecule has 1 aromatic rings. The second-order valence-electron chi connectivity index (χ2n) is 3.70. The number of hydrogen-bond donors (Lipinski definition) is 2. The van der Waals surface area contributed by atoms with E-state index in [2.05, 4.69) is 21.7 Å². The molecule has 0 saturated carbocycles. The molecule has 1 fully saturated rings. The van der Waals surface area contributed by atoms with Gasteiger partial charge in [-0.25, -0.2) is 4.98 Å². The lowest BCUT2D eigenvalue weighted by atomic mass is 10.1. The number of halogens is 1. The lowest BCUT2D eigenvalue weighted by Crippen LogP contribution is -2.38. The van der Waals surface area contributed by atoms with E-state index in [4.69, 9.17) is 5.26 Å². The molecule has 5 heteroatoms. The van der Waals surface area contributed by atoms with Gasteiger partial charge in [-0.05, 0) is 31.5 Å². The van der Waals surface area contributed by atoms with Gasteiger partial charge in [0.1, 0.15) is 11.9 Å². The smallest absolute Gasteiger partial charge is 0.144 e. The fourth-order valence-electron chi connectivity index (χ4n) is 1.78. The van der Waals surface area contributed by atoms with Crippen molar-refractivity contribution in [1.29, 1.82) is 5.26 Å². The van der Waals surface area contributed by atoms with Crippen molar-refractivity contribution in [3.8, 4) is 6.07 Å². The first-order valence-electron chi connectivity index (χ1n) is 5.22. The second kappa shape index (κ2) is 6.31. The zero-order valence-electron chi connectivity index (χ0n) is 8.94. The van der Waals surface area contributed by atoms with Crippen molar-refractivity contribution >= 4 is 18.2 Å². The Balaban J connectivity index is 0.00000128. The predicted octanol–water partition coefficient (Wildman–Crippen LogP) is 1.54. The van der Waals surface area contributed by atoms with Crippen molar-refractivity contribution in [2.24, 2.45) is 0 Å². The standard InChI is InChI=1S/C11H14N4.ClH/c12-7-9-3-1-6-14-11(9)15-10-4-2-5-13-8-10;/h1,3,6,10,13H,2,4-5,8H2,(H,14,15);1H/t10-;/m0./s1. The summed E-state index contributed by atoms with van der Waals surface area (Å²) < 4.78 is 0. The molecule has 0 spiro atoms. The van der Waals surface area contributed by atoms with Gasteiger partial charge in [0.05, 0.1) is 5.56 Å². The molecule has 1 aliphatic rings. The molecule has 0 bridgehead atoms. The number of hydrogen-bond acceptors (Lipinski definition) is 4. The molecule has 1 atom stereocenters. The maximum Gasteiger partial charge on any atom is 0.144 e. The Morgan fingerprint density at radius 3 is 3.12 bits per heavy atom. The molecule has 1 saturated heterocycles. The Morgan fingerprint density at radius 1 is 1.56 bits per heavy atom. The third-order valence-corrected chi connectivity index (χ3v) is 2.57. The van der Waals surface area contributed by atoms with Gasteiger partial charge in [0.2, 0.25) is 0 Å². The van der Waals surface area contributed by atoms with Gasteiger partial charge in [-0.1, -0.05) is 0 Å². The molecular formula is C11H15ClN4. The van der Waals surface area contributed by atoms with E-state index >= 15 is 0 Å². The maximum absolute atomic E-state index is 8.90. The van der Waals surface area contributed by atoms with Crippen molar-refractivity contribution in [2.75, 3.05) is 18.4 Å². The number of piperidine rings is 1. The number of rotatable bonds is 2. The minimum absolute atomic E-state index is 0. The molecule has 0 radical (unpaired) electrons. The zero-order valence-corrected chi connectivity index (χ0v) is 9.76. The summed E-state index contributed by atoms with van der Waals surface area (Å²) in [6.45, 7) is 2.03. The van der Waals surface area contributed by atoms with Gasteiger partial charge >= 0.3 is 0 Å². The van der Waals surface area contributed by atoms with Crippen LogP contribution in [0.1, 0.15) is 18.4 Å². The molecular weight excluding hydrogens is 224 g/mol. The van der Waals surface area contributed by atoms with E-state index in [0.29, 0.717) is 17.4 Å². The number of anilines is 1. The van der Waals surface area contributed by atoms with E-state index in [1.165, 1.54) is 6.42 Å². The lowest BCUT2D eigenvalue weighted by Gasteiger charge is -2.24. The topological polar surface area (TPSA) is 60.7 Å². The quantitative estimate of drug-likeness (QED) is 0.821. The van der Waals surface area contributed by atoms with E-state index in [-0.39, 0.29) is 12.4 Å². The minimum atomic E-state index is 0. The average Bonchev–Trinajstić information content (AvgIpc) is 2.31. The molecule has 0 unspecified atom stereocenters. The average molecular weight is 239 g/mol. The second-order valence-corrected chi connectivity index (χ2v) is 3.70. The Morgan fingerprint density at radius 2 is 2.44 bits per heavy atom. The van der Waals surface area contributed by atoms with Crippen molar-refractivity contribution < 1.29 is 0 Å². The van der Waals surface area contributed by atoms with Crippen LogP contribution >= 0.6 is 12.4 Å². The number of nitriles is 1. The van der Waals surface area contributed by atoms with Crippen LogP contribution < -0.4 is 10.6 Å². The Kier molecular flexibility index (Phi) is 5.03. The van der Waals surface area contributed by atoms with E-state index in [9.17, 15) is 0 Å². The minimum Gasteiger partial charge on any atom is -0.365 e. The van der Waals surface area contributed by atoms with Gasteiger partial charge in [-0.15, -0.1) is 12.4 Å². The summed E-state index contributed by atoms with van der Waals surface area (Å²) in [5.74, 6) is 0.703. The SMILES string of the molecule is Cl.N#Cc1cccnc1N[C@H]1CCCNC1. The van der Waals surface area contributed by atoms with E-state index in [1.807, 2.05) is 0 Å². The van der Waals surface area contributed by atoms with Gasteiger partial charge in [0.15, 0.2) is 0 Å². The number of nitrogens with one attached hydrogen (secondary N) is 2. The highest BCUT2D eigenvalue weighted by Crippen LogP contribution is 2.13. The van der Waals surface area contributed by atoms with Gasteiger partial charge in [0.25, 0.3) is 0 Å². The molecule has 4 nitrogen and oxygen atoms in total. The van der Waals surface area contributed by atoms with Crippen LogP contribution in [0.25, 0.3) is 0 Å². The van der Waals surface area contributed by atoms with Gasteiger partial charge in [0, 0.05) is 18.8 Å². The summed E-state index contributed by atoms with van der Waals surface area (Å²) in [5, 5.41) is 15.5. The molecule has 0 amide bonds. The molecule has 2 rings (SSSR count). The fourth-order valence-corrected chi connectivity index (χ4v) is 1.78. The van der Waals surface area contributed by atoms with Gasteiger partial charge < -0.3 is 10.6 Å². The highest BCUT2D eigenvalue weighted by Gasteiger charge is 2.14. The summed E-state index contributed by atoms with van der Waals surface area (Å²) in [6, 6.07) is 6.09. The van der Waals surface area contributed by atoms with Crippen molar-refractivity contribution in [3.63, 3.8) is 0 Å². The van der Waals surface area contributed by atoms with E-state index in [0.717, 1.165) is 19.5 Å². The summed E-state index contributed by atoms with van der Waals surface area (Å²) in [5.41, 5.74) is 0.614. The molecule has 16 heavy (non-hydrogen) atoms. The Hall–Kier alpha value is -1.31. The van der Waals surface area contributed by atoms with Crippen LogP contribution in [0.5, 0.6) is 0 Å². The van der Waals surface area contributed by atoms with Crippen LogP contribution in [0.15, 0.2) is 18.3 Å². The normalized spacial score (nSPS) is 19.3. The molecule has 0 aromatic carbocycles. The fraction of sp³-hybridized carbons (Fsp3) is 0.455. The van der Waals surface area contributed by atoms with Crippen LogP contribution in [-0.2, 0) is 0 Å². The van der Waals surface area contributed by atoms with Crippen molar-refractivity contribution in [3.05, 3.63) is 23.9 Å². The monoisotopic (exact) mass is 238 g/mol. The first-order chi connectivity index (χ1) is 7.40. The summed E-state index contributed by atoms with van der Waals surface area (Å²) >= 11 is 0. The zero-order chi connectivity index (χ0) is 10.5. The third-order valence-electron chi connectivity index (χ3n) is 2.57. The van der Waals surface area contributed by atoms with Crippen LogP contribution in [0.4, 0.5) is 5.82 Å². The first kappa shape index (κ1) is 12.8. The van der Waals surface area contributed by atoms with E-state index in [1.54, 1.807) is 18.3 Å². The molecule has 86 valence electrons. The summed E-state index contributed by atoms with van der Waals surface area (Å²) in [7, 11) is 0. The highest BCUT2D eigenvalue weighted by atomic mass is 35.5. The number of aromatic nitrogens is 1. The first-order valence-corrected chi connectivity index (χ1v) is 5.22. The molecule has 2 N–H and O–H groups in total. The van der Waals surface area contributed by atoms with Crippen LogP contribution in [0.2, 0.25) is 0 Å². The Labute approximate surface area is 101 Å². The molecule has 0 aliphatic carbocycles. The van der Waals surface area contributed by atoms with Crippen LogP contribution in [-0.4, -0.2) is 24.1 Å². The Bertz CT molecular complexity index is 368. The molecule has 1 aliphatic heterocycles. The van der Waals surface area contributed by atoms with Crippen molar-refractivity contribution in [1.82, 2.24) is 10.3 Å². The van der Waals surface area contributed by atoms with Crippen molar-refractivity contribution in [2.45, 2.75) is 18.9 Å². The highest BCUT2D eigenvalue weighted by molar-refractivity contribution is 5.85. The van der Waals surface area contributed by atoms with Crippen LogP contribution in [0, 0.1) is 11.3 Å².